The number of hydrogen-bond acceptors (Lipinski definition) is 6. The number of amides is 1. The summed E-state index contributed by atoms with van der Waals surface area (Å²) in [6, 6.07) is 2.48. The molecule has 0 spiro atoms. The third-order valence-electron chi connectivity index (χ3n) is 6.21. The number of anilines is 2. The van der Waals surface area contributed by atoms with Crippen LogP contribution >= 0.6 is 11.8 Å². The first kappa shape index (κ1) is 19.6. The molecule has 1 aromatic heterocycles. The van der Waals surface area contributed by atoms with Crippen LogP contribution in [0, 0.1) is 23.5 Å². The first-order chi connectivity index (χ1) is 14.6. The molecule has 0 aliphatic carbocycles. The molecule has 1 aromatic carbocycles. The zero-order valence-corrected chi connectivity index (χ0v) is 17.2. The number of ether oxygens (including phenoxy) is 1. The van der Waals surface area contributed by atoms with E-state index in [1.165, 1.54) is 23.2 Å². The minimum atomic E-state index is -0.636. The van der Waals surface area contributed by atoms with Crippen molar-refractivity contribution in [1.82, 2.24) is 15.0 Å². The standard InChI is InChI=1S/C20H23F2N5O2S/c21-17-7-15(27-12-16(29-20(27)28)11-26-4-3-23-24-26)8-18(22)19(17)25-9-13-1-5-30-6-2-14(13)10-25/h3-4,7-8,13-14,16H,1-2,5-6,9-12H2/t13?,14?,16-/m0/s1. The number of rotatable bonds is 4. The Labute approximate surface area is 177 Å². The Balaban J connectivity index is 1.33. The molecule has 30 heavy (non-hydrogen) atoms. The highest BCUT2D eigenvalue weighted by Crippen LogP contribution is 2.39. The molecule has 2 unspecified atom stereocenters. The van der Waals surface area contributed by atoms with Crippen molar-refractivity contribution >= 4 is 29.2 Å². The molecule has 3 aliphatic heterocycles. The van der Waals surface area contributed by atoms with E-state index in [-0.39, 0.29) is 17.9 Å². The molecule has 2 aromatic rings. The minimum absolute atomic E-state index is 0.0196. The molecule has 3 saturated heterocycles. The van der Waals surface area contributed by atoms with Crippen LogP contribution in [-0.4, -0.2) is 58.3 Å². The number of hydrogen-bond donors (Lipinski definition) is 0. The van der Waals surface area contributed by atoms with Crippen LogP contribution in [0.3, 0.4) is 0 Å². The number of carbonyl (C=O) groups excluding carboxylic acids is 1. The number of nitrogens with zero attached hydrogens (tertiary/aromatic N) is 5. The van der Waals surface area contributed by atoms with Crippen molar-refractivity contribution in [2.45, 2.75) is 25.5 Å². The summed E-state index contributed by atoms with van der Waals surface area (Å²) in [6.07, 6.45) is 4.31. The zero-order valence-electron chi connectivity index (χ0n) is 16.4. The Hall–Kier alpha value is -2.36. The third kappa shape index (κ3) is 3.73. The van der Waals surface area contributed by atoms with Crippen molar-refractivity contribution < 1.29 is 18.3 Å². The largest absolute Gasteiger partial charge is 0.442 e. The summed E-state index contributed by atoms with van der Waals surface area (Å²) in [5, 5.41) is 7.57. The summed E-state index contributed by atoms with van der Waals surface area (Å²) < 4.78 is 36.9. The molecule has 3 fully saturated rings. The SMILES string of the molecule is O=C1O[C@@H](Cn2ccnn2)CN1c1cc(F)c(N2CC3CCSCCC3C2)c(F)c1. The van der Waals surface area contributed by atoms with E-state index in [2.05, 4.69) is 10.3 Å². The van der Waals surface area contributed by atoms with Gasteiger partial charge in [-0.15, -0.1) is 5.10 Å². The van der Waals surface area contributed by atoms with Crippen molar-refractivity contribution in [1.29, 1.82) is 0 Å². The quantitative estimate of drug-likeness (QED) is 0.735. The highest BCUT2D eigenvalue weighted by Gasteiger charge is 2.37. The molecule has 5 rings (SSSR count). The van der Waals surface area contributed by atoms with Crippen molar-refractivity contribution in [3.63, 3.8) is 0 Å². The average Bonchev–Trinajstić information content (AvgIpc) is 3.40. The van der Waals surface area contributed by atoms with Gasteiger partial charge in [-0.25, -0.2) is 18.3 Å². The zero-order chi connectivity index (χ0) is 20.7. The van der Waals surface area contributed by atoms with Gasteiger partial charge >= 0.3 is 6.09 Å². The molecular weight excluding hydrogens is 412 g/mol. The highest BCUT2D eigenvalue weighted by atomic mass is 32.2. The van der Waals surface area contributed by atoms with E-state index >= 15 is 8.78 Å². The van der Waals surface area contributed by atoms with Gasteiger partial charge in [0.25, 0.3) is 0 Å². The van der Waals surface area contributed by atoms with Crippen LogP contribution in [0.25, 0.3) is 0 Å². The van der Waals surface area contributed by atoms with E-state index < -0.39 is 23.8 Å². The van der Waals surface area contributed by atoms with E-state index in [0.29, 0.717) is 31.5 Å². The van der Waals surface area contributed by atoms with Crippen molar-refractivity contribution in [3.05, 3.63) is 36.2 Å². The molecule has 0 radical (unpaired) electrons. The molecule has 3 aliphatic rings. The van der Waals surface area contributed by atoms with Crippen LogP contribution in [0.4, 0.5) is 25.0 Å². The normalized spacial score (nSPS) is 26.6. The number of benzene rings is 1. The van der Waals surface area contributed by atoms with Gasteiger partial charge in [-0.3, -0.25) is 4.90 Å². The maximum Gasteiger partial charge on any atom is 0.414 e. The van der Waals surface area contributed by atoms with Crippen LogP contribution in [-0.2, 0) is 11.3 Å². The van der Waals surface area contributed by atoms with E-state index in [4.69, 9.17) is 4.74 Å². The van der Waals surface area contributed by atoms with Crippen LogP contribution in [0.5, 0.6) is 0 Å². The monoisotopic (exact) mass is 435 g/mol. The minimum Gasteiger partial charge on any atom is -0.442 e. The van der Waals surface area contributed by atoms with Crippen molar-refractivity contribution in [3.8, 4) is 0 Å². The summed E-state index contributed by atoms with van der Waals surface area (Å²) >= 11 is 1.97. The van der Waals surface area contributed by atoms with Gasteiger partial charge in [-0.05, 0) is 36.2 Å². The van der Waals surface area contributed by atoms with E-state index in [9.17, 15) is 4.79 Å². The molecule has 0 bridgehead atoms. The highest BCUT2D eigenvalue weighted by molar-refractivity contribution is 7.99. The van der Waals surface area contributed by atoms with Crippen molar-refractivity contribution in [2.75, 3.05) is 40.9 Å². The first-order valence-electron chi connectivity index (χ1n) is 10.2. The second kappa shape index (κ2) is 8.05. The molecule has 4 heterocycles. The van der Waals surface area contributed by atoms with Crippen LogP contribution < -0.4 is 9.80 Å². The number of thioether (sulfide) groups is 1. The summed E-state index contributed by atoms with van der Waals surface area (Å²) in [4.78, 5) is 15.4. The molecule has 7 nitrogen and oxygen atoms in total. The van der Waals surface area contributed by atoms with Gasteiger partial charge < -0.3 is 9.64 Å². The maximum atomic E-state index is 15.0. The van der Waals surface area contributed by atoms with Crippen LogP contribution in [0.1, 0.15) is 12.8 Å². The summed E-state index contributed by atoms with van der Waals surface area (Å²) in [5.74, 6) is 1.94. The second-order valence-electron chi connectivity index (χ2n) is 8.11. The van der Waals surface area contributed by atoms with Crippen LogP contribution in [0.15, 0.2) is 24.5 Å². The Kier molecular flexibility index (Phi) is 5.26. The number of halogens is 2. The summed E-state index contributed by atoms with van der Waals surface area (Å²) in [6.45, 7) is 1.90. The number of fused-ring (bicyclic) bond motifs is 1. The number of carbonyl (C=O) groups is 1. The molecule has 3 atom stereocenters. The van der Waals surface area contributed by atoms with Crippen molar-refractivity contribution in [2.24, 2.45) is 11.8 Å². The predicted octanol–water partition coefficient (Wildman–Crippen LogP) is 3.16. The summed E-state index contributed by atoms with van der Waals surface area (Å²) in [7, 11) is 0. The van der Waals surface area contributed by atoms with Crippen LogP contribution in [0.2, 0.25) is 0 Å². The second-order valence-corrected chi connectivity index (χ2v) is 9.34. The molecule has 160 valence electrons. The van der Waals surface area contributed by atoms with Gasteiger partial charge in [0.05, 0.1) is 25.0 Å². The van der Waals surface area contributed by atoms with Gasteiger partial charge in [-0.2, -0.15) is 11.8 Å². The third-order valence-corrected chi connectivity index (χ3v) is 7.26. The Morgan fingerprint density at radius 3 is 2.43 bits per heavy atom. The fraction of sp³-hybridized carbons (Fsp3) is 0.550. The fourth-order valence-electron chi connectivity index (χ4n) is 4.72. The fourth-order valence-corrected chi connectivity index (χ4v) is 5.87. The molecule has 1 amide bonds. The Bertz CT molecular complexity index is 891. The Morgan fingerprint density at radius 2 is 1.80 bits per heavy atom. The van der Waals surface area contributed by atoms with E-state index in [1.807, 2.05) is 16.7 Å². The maximum absolute atomic E-state index is 15.0. The first-order valence-corrected chi connectivity index (χ1v) is 11.4. The van der Waals surface area contributed by atoms with Gasteiger partial charge in [0.2, 0.25) is 0 Å². The molecular formula is C20H23F2N5O2S. The molecule has 10 heteroatoms. The van der Waals surface area contributed by atoms with Gasteiger partial charge in [0.1, 0.15) is 11.8 Å². The van der Waals surface area contributed by atoms with E-state index in [1.54, 1.807) is 10.9 Å². The summed E-state index contributed by atoms with van der Waals surface area (Å²) in [5.41, 5.74) is 0.191. The predicted molar refractivity (Wildman–Crippen MR) is 110 cm³/mol. The molecule has 0 N–H and O–H groups in total. The smallest absolute Gasteiger partial charge is 0.414 e. The lowest BCUT2D eigenvalue weighted by Gasteiger charge is -2.22. The number of cyclic esters (lactones) is 1. The van der Waals surface area contributed by atoms with Gasteiger partial charge in [0, 0.05) is 31.4 Å². The lowest BCUT2D eigenvalue weighted by atomic mass is 9.92. The van der Waals surface area contributed by atoms with E-state index in [0.717, 1.165) is 24.3 Å². The van der Waals surface area contributed by atoms with Gasteiger partial charge in [-0.1, -0.05) is 5.21 Å². The number of aromatic nitrogens is 3. The molecule has 0 saturated carbocycles. The lowest BCUT2D eigenvalue weighted by molar-refractivity contribution is 0.129. The topological polar surface area (TPSA) is 63.5 Å². The van der Waals surface area contributed by atoms with Gasteiger partial charge in [0.15, 0.2) is 11.6 Å². The average molecular weight is 436 g/mol. The lowest BCUT2D eigenvalue weighted by Crippen LogP contribution is -2.27. The Morgan fingerprint density at radius 1 is 1.10 bits per heavy atom.